The molecule has 21 heavy (non-hydrogen) atoms. The molecule has 1 saturated carbocycles. The summed E-state index contributed by atoms with van der Waals surface area (Å²) in [7, 11) is 0. The Morgan fingerprint density at radius 1 is 1.43 bits per heavy atom. The second-order valence-electron chi connectivity index (χ2n) is 5.65. The Morgan fingerprint density at radius 2 is 2.14 bits per heavy atom. The number of benzene rings is 1. The number of aliphatic hydroxyl groups excluding tert-OH is 1. The van der Waals surface area contributed by atoms with Gasteiger partial charge < -0.3 is 16.2 Å². The minimum Gasteiger partial charge on any atom is -0.387 e. The van der Waals surface area contributed by atoms with Gasteiger partial charge in [-0.3, -0.25) is 4.79 Å². The first-order chi connectivity index (χ1) is 9.63. The van der Waals surface area contributed by atoms with E-state index in [1.807, 2.05) is 31.2 Å². The average Bonchev–Trinajstić information content (AvgIpc) is 2.93. The van der Waals surface area contributed by atoms with Gasteiger partial charge in [-0.2, -0.15) is 0 Å². The maximum Gasteiger partial charge on any atom is 0.223 e. The molecular weight excluding hydrogens is 288 g/mol. The zero-order valence-electron chi connectivity index (χ0n) is 12.4. The summed E-state index contributed by atoms with van der Waals surface area (Å²) in [6, 6.07) is 7.69. The van der Waals surface area contributed by atoms with Crippen LogP contribution in [-0.2, 0) is 4.79 Å². The number of aliphatic hydroxyl groups is 1. The molecule has 0 aromatic heterocycles. The number of hydrogen-bond donors (Lipinski definition) is 3. The summed E-state index contributed by atoms with van der Waals surface area (Å²) in [5.74, 6) is 0.347. The molecule has 4 N–H and O–H groups in total. The Hall–Kier alpha value is -1.10. The summed E-state index contributed by atoms with van der Waals surface area (Å²) < 4.78 is 0. The lowest BCUT2D eigenvalue weighted by atomic mass is 9.95. The van der Waals surface area contributed by atoms with Gasteiger partial charge in [0.15, 0.2) is 0 Å². The van der Waals surface area contributed by atoms with E-state index in [-0.39, 0.29) is 30.8 Å². The molecule has 1 aromatic rings. The van der Waals surface area contributed by atoms with E-state index >= 15 is 0 Å². The van der Waals surface area contributed by atoms with Gasteiger partial charge in [-0.05, 0) is 43.4 Å². The van der Waals surface area contributed by atoms with E-state index in [9.17, 15) is 9.90 Å². The van der Waals surface area contributed by atoms with Gasteiger partial charge in [0.2, 0.25) is 5.91 Å². The first-order valence-corrected chi connectivity index (χ1v) is 7.35. The molecule has 0 heterocycles. The molecule has 4 nitrogen and oxygen atoms in total. The Bertz CT molecular complexity index is 467. The molecule has 0 spiro atoms. The Balaban J connectivity index is 0.00000220. The topological polar surface area (TPSA) is 75.3 Å². The predicted molar refractivity (Wildman–Crippen MR) is 86.3 cm³/mol. The van der Waals surface area contributed by atoms with E-state index in [1.54, 1.807) is 0 Å². The maximum absolute atomic E-state index is 12.2. The summed E-state index contributed by atoms with van der Waals surface area (Å²) in [4.78, 5) is 12.2. The standard InChI is InChI=1S/C16H24N2O2.ClH/c1-11-5-2-3-7-13(11)15(19)10-18-16(20)14-8-4-6-12(14)9-17;/h2-3,5,7,12,14-15,19H,4,6,8-10,17H2,1H3,(H,18,20);1H/t12-,14-,15?;/m1./s1. The number of nitrogens with two attached hydrogens (primary N) is 1. The Morgan fingerprint density at radius 3 is 2.81 bits per heavy atom. The number of amides is 1. The van der Waals surface area contributed by atoms with Crippen LogP contribution in [0.3, 0.4) is 0 Å². The minimum absolute atomic E-state index is 0. The van der Waals surface area contributed by atoms with Crippen molar-refractivity contribution in [3.8, 4) is 0 Å². The summed E-state index contributed by atoms with van der Waals surface area (Å²) in [5, 5.41) is 13.0. The first kappa shape index (κ1) is 18.0. The molecule has 1 fully saturated rings. The van der Waals surface area contributed by atoms with Crippen molar-refractivity contribution in [2.24, 2.45) is 17.6 Å². The predicted octanol–water partition coefficient (Wildman–Crippen LogP) is 1.94. The van der Waals surface area contributed by atoms with Crippen LogP contribution in [0, 0.1) is 18.8 Å². The molecular formula is C16H25ClN2O2. The third-order valence-corrected chi connectivity index (χ3v) is 4.32. The highest BCUT2D eigenvalue weighted by atomic mass is 35.5. The van der Waals surface area contributed by atoms with Crippen molar-refractivity contribution in [1.29, 1.82) is 0 Å². The SMILES string of the molecule is Cc1ccccc1C(O)CNC(=O)[C@@H]1CCC[C@@H]1CN.Cl. The third kappa shape index (κ3) is 4.43. The van der Waals surface area contributed by atoms with Crippen molar-refractivity contribution < 1.29 is 9.90 Å². The molecule has 1 amide bonds. The second kappa shape index (κ2) is 8.37. The van der Waals surface area contributed by atoms with Gasteiger partial charge in [-0.1, -0.05) is 30.7 Å². The molecule has 0 saturated heterocycles. The van der Waals surface area contributed by atoms with Crippen LogP contribution < -0.4 is 11.1 Å². The Kier molecular flexibility index (Phi) is 7.15. The molecule has 5 heteroatoms. The van der Waals surface area contributed by atoms with Crippen molar-refractivity contribution >= 4 is 18.3 Å². The number of aryl methyl sites for hydroxylation is 1. The van der Waals surface area contributed by atoms with E-state index in [2.05, 4.69) is 5.32 Å². The van der Waals surface area contributed by atoms with E-state index in [0.29, 0.717) is 12.5 Å². The lowest BCUT2D eigenvalue weighted by Crippen LogP contribution is -2.37. The van der Waals surface area contributed by atoms with Crippen molar-refractivity contribution in [3.05, 3.63) is 35.4 Å². The van der Waals surface area contributed by atoms with E-state index < -0.39 is 6.10 Å². The number of rotatable bonds is 5. The second-order valence-corrected chi connectivity index (χ2v) is 5.65. The number of carbonyl (C=O) groups is 1. The van der Waals surface area contributed by atoms with Crippen LogP contribution in [0.25, 0.3) is 0 Å². The molecule has 118 valence electrons. The van der Waals surface area contributed by atoms with Gasteiger partial charge in [0.25, 0.3) is 0 Å². The minimum atomic E-state index is -0.655. The van der Waals surface area contributed by atoms with E-state index in [4.69, 9.17) is 5.73 Å². The Labute approximate surface area is 132 Å². The molecule has 0 radical (unpaired) electrons. The monoisotopic (exact) mass is 312 g/mol. The molecule has 0 bridgehead atoms. The first-order valence-electron chi connectivity index (χ1n) is 7.35. The van der Waals surface area contributed by atoms with Crippen LogP contribution in [0.1, 0.15) is 36.5 Å². The van der Waals surface area contributed by atoms with Crippen LogP contribution in [0.4, 0.5) is 0 Å². The molecule has 0 aliphatic heterocycles. The summed E-state index contributed by atoms with van der Waals surface area (Å²) in [5.41, 5.74) is 7.61. The van der Waals surface area contributed by atoms with E-state index in [1.165, 1.54) is 0 Å². The molecule has 1 aliphatic carbocycles. The average molecular weight is 313 g/mol. The van der Waals surface area contributed by atoms with Crippen LogP contribution in [0.15, 0.2) is 24.3 Å². The van der Waals surface area contributed by atoms with Crippen LogP contribution in [0.5, 0.6) is 0 Å². The zero-order valence-corrected chi connectivity index (χ0v) is 13.2. The van der Waals surface area contributed by atoms with Crippen LogP contribution in [0.2, 0.25) is 0 Å². The van der Waals surface area contributed by atoms with Gasteiger partial charge in [0.05, 0.1) is 6.10 Å². The van der Waals surface area contributed by atoms with Gasteiger partial charge >= 0.3 is 0 Å². The lowest BCUT2D eigenvalue weighted by Gasteiger charge is -2.19. The third-order valence-electron chi connectivity index (χ3n) is 4.32. The van der Waals surface area contributed by atoms with Crippen molar-refractivity contribution in [3.63, 3.8) is 0 Å². The zero-order chi connectivity index (χ0) is 14.5. The highest BCUT2D eigenvalue weighted by Gasteiger charge is 2.31. The van der Waals surface area contributed by atoms with Gasteiger partial charge in [-0.15, -0.1) is 12.4 Å². The number of carbonyl (C=O) groups excluding carboxylic acids is 1. The number of hydrogen-bond acceptors (Lipinski definition) is 3. The van der Waals surface area contributed by atoms with Crippen molar-refractivity contribution in [2.75, 3.05) is 13.1 Å². The van der Waals surface area contributed by atoms with Gasteiger partial charge in [-0.25, -0.2) is 0 Å². The van der Waals surface area contributed by atoms with Crippen LogP contribution >= 0.6 is 12.4 Å². The fourth-order valence-corrected chi connectivity index (χ4v) is 3.06. The van der Waals surface area contributed by atoms with Crippen LogP contribution in [-0.4, -0.2) is 24.1 Å². The smallest absolute Gasteiger partial charge is 0.223 e. The molecule has 1 aromatic carbocycles. The fraction of sp³-hybridized carbons (Fsp3) is 0.562. The maximum atomic E-state index is 12.2. The molecule has 2 rings (SSSR count). The van der Waals surface area contributed by atoms with Crippen molar-refractivity contribution in [2.45, 2.75) is 32.3 Å². The molecule has 3 atom stereocenters. The van der Waals surface area contributed by atoms with Gasteiger partial charge in [0.1, 0.15) is 0 Å². The molecule has 1 aliphatic rings. The van der Waals surface area contributed by atoms with E-state index in [0.717, 1.165) is 30.4 Å². The molecule has 1 unspecified atom stereocenters. The largest absolute Gasteiger partial charge is 0.387 e. The quantitative estimate of drug-likeness (QED) is 0.778. The highest BCUT2D eigenvalue weighted by molar-refractivity contribution is 5.85. The lowest BCUT2D eigenvalue weighted by molar-refractivity contribution is -0.126. The summed E-state index contributed by atoms with van der Waals surface area (Å²) in [6.07, 6.45) is 2.36. The number of halogens is 1. The normalized spacial score (nSPS) is 22.4. The summed E-state index contributed by atoms with van der Waals surface area (Å²) in [6.45, 7) is 2.79. The number of nitrogens with one attached hydrogen (secondary N) is 1. The van der Waals surface area contributed by atoms with Crippen molar-refractivity contribution in [1.82, 2.24) is 5.32 Å². The summed E-state index contributed by atoms with van der Waals surface area (Å²) >= 11 is 0. The fourth-order valence-electron chi connectivity index (χ4n) is 3.06. The highest BCUT2D eigenvalue weighted by Crippen LogP contribution is 2.31. The van der Waals surface area contributed by atoms with Gasteiger partial charge in [0, 0.05) is 12.5 Å².